The molecule has 8 nitrogen and oxygen atoms in total. The molecule has 2 atom stereocenters. The van der Waals surface area contributed by atoms with E-state index in [1.807, 2.05) is 24.3 Å². The molecule has 2 amide bonds. The van der Waals surface area contributed by atoms with Crippen molar-refractivity contribution in [2.24, 2.45) is 5.92 Å². The number of amides is 2. The van der Waals surface area contributed by atoms with Crippen LogP contribution in [0.4, 0.5) is 4.79 Å². The molecule has 4 N–H and O–H groups in total. The number of alkyl carbamates (subject to hydrolysis) is 1. The Labute approximate surface area is 205 Å². The maximum absolute atomic E-state index is 12.4. The van der Waals surface area contributed by atoms with Crippen LogP contribution in [0.1, 0.15) is 56.1 Å². The van der Waals surface area contributed by atoms with Crippen LogP contribution in [0.2, 0.25) is 0 Å². The van der Waals surface area contributed by atoms with Gasteiger partial charge in [0, 0.05) is 18.9 Å². The quantitative estimate of drug-likeness (QED) is 0.345. The van der Waals surface area contributed by atoms with Gasteiger partial charge < -0.3 is 25.6 Å². The van der Waals surface area contributed by atoms with Gasteiger partial charge in [0.15, 0.2) is 6.10 Å². The van der Waals surface area contributed by atoms with Crippen molar-refractivity contribution in [3.05, 3.63) is 59.7 Å². The van der Waals surface area contributed by atoms with Gasteiger partial charge in [0.2, 0.25) is 5.91 Å². The minimum Gasteiger partial charge on any atom is -0.479 e. The molecular weight excluding hydrogens is 448 g/mol. The van der Waals surface area contributed by atoms with Crippen LogP contribution < -0.4 is 10.6 Å². The third-order valence-electron chi connectivity index (χ3n) is 6.42. The second-order valence-electron chi connectivity index (χ2n) is 8.89. The molecule has 1 aliphatic rings. The normalized spacial score (nSPS) is 13.9. The highest BCUT2D eigenvalue weighted by molar-refractivity contribution is 5.79. The van der Waals surface area contributed by atoms with E-state index in [9.17, 15) is 19.5 Å². The Morgan fingerprint density at radius 1 is 0.943 bits per heavy atom. The number of hydrogen-bond donors (Lipinski definition) is 4. The number of fused-ring (bicyclic) bond motifs is 3. The Morgan fingerprint density at radius 2 is 1.57 bits per heavy atom. The number of aliphatic hydroxyl groups is 1. The van der Waals surface area contributed by atoms with Crippen molar-refractivity contribution in [2.45, 2.75) is 51.0 Å². The standard InChI is InChI=1S/C27H34N2O6/c1-2-7-18(12-13-25(31)29-16-24(30)26(32)33)14-15-28-27(34)35-17-23-21-10-5-3-8-19(21)20-9-4-6-11-22(20)23/h3-6,8-11,18,23-24,30H,2,7,12-17H2,1H3,(H,28,34)(H,29,31)(H,32,33). The van der Waals surface area contributed by atoms with Crippen molar-refractivity contribution in [1.29, 1.82) is 0 Å². The van der Waals surface area contributed by atoms with Gasteiger partial charge in [-0.1, -0.05) is 68.3 Å². The molecule has 0 aliphatic heterocycles. The molecular formula is C27H34N2O6. The maximum Gasteiger partial charge on any atom is 0.407 e. The molecule has 0 saturated carbocycles. The third kappa shape index (κ3) is 7.29. The number of carboxylic acids is 1. The van der Waals surface area contributed by atoms with Gasteiger partial charge in [0.1, 0.15) is 6.61 Å². The molecule has 1 aliphatic carbocycles. The molecule has 0 fully saturated rings. The first-order chi connectivity index (χ1) is 16.9. The van der Waals surface area contributed by atoms with E-state index >= 15 is 0 Å². The molecule has 0 aromatic heterocycles. The molecule has 3 rings (SSSR count). The van der Waals surface area contributed by atoms with Gasteiger partial charge in [-0.25, -0.2) is 9.59 Å². The fourth-order valence-electron chi connectivity index (χ4n) is 4.59. The highest BCUT2D eigenvalue weighted by atomic mass is 16.5. The lowest BCUT2D eigenvalue weighted by molar-refractivity contribution is -0.146. The highest BCUT2D eigenvalue weighted by Gasteiger charge is 2.29. The van der Waals surface area contributed by atoms with Crippen LogP contribution in [0.15, 0.2) is 48.5 Å². The van der Waals surface area contributed by atoms with Crippen LogP contribution in [-0.2, 0) is 14.3 Å². The molecule has 8 heteroatoms. The van der Waals surface area contributed by atoms with Crippen LogP contribution >= 0.6 is 0 Å². The zero-order chi connectivity index (χ0) is 25.2. The van der Waals surface area contributed by atoms with Gasteiger partial charge in [-0.05, 0) is 41.0 Å². The zero-order valence-corrected chi connectivity index (χ0v) is 20.0. The summed E-state index contributed by atoms with van der Waals surface area (Å²) in [7, 11) is 0. The summed E-state index contributed by atoms with van der Waals surface area (Å²) in [6.07, 6.45) is 1.38. The van der Waals surface area contributed by atoms with Crippen molar-refractivity contribution >= 4 is 18.0 Å². The zero-order valence-electron chi connectivity index (χ0n) is 20.0. The van der Waals surface area contributed by atoms with Crippen LogP contribution in [0, 0.1) is 5.92 Å². The largest absolute Gasteiger partial charge is 0.479 e. The monoisotopic (exact) mass is 482 g/mol. The molecule has 0 heterocycles. The first-order valence-electron chi connectivity index (χ1n) is 12.2. The summed E-state index contributed by atoms with van der Waals surface area (Å²) in [6.45, 7) is 2.46. The summed E-state index contributed by atoms with van der Waals surface area (Å²) in [5, 5.41) is 23.2. The summed E-state index contributed by atoms with van der Waals surface area (Å²) in [5.74, 6) is -1.41. The van der Waals surface area contributed by atoms with E-state index in [4.69, 9.17) is 9.84 Å². The number of aliphatic carboxylic acids is 1. The number of carbonyl (C=O) groups excluding carboxylic acids is 2. The number of benzene rings is 2. The summed E-state index contributed by atoms with van der Waals surface area (Å²) in [5.41, 5.74) is 4.69. The maximum atomic E-state index is 12.4. The lowest BCUT2D eigenvalue weighted by Gasteiger charge is -2.17. The summed E-state index contributed by atoms with van der Waals surface area (Å²) >= 11 is 0. The van der Waals surface area contributed by atoms with E-state index < -0.39 is 18.2 Å². The minimum atomic E-state index is -1.60. The summed E-state index contributed by atoms with van der Waals surface area (Å²) in [4.78, 5) is 34.9. The SMILES string of the molecule is CCCC(CCNC(=O)OCC1c2ccccc2-c2ccccc21)CCC(=O)NCC(O)C(=O)O. The topological polar surface area (TPSA) is 125 Å². The molecule has 2 aromatic rings. The Morgan fingerprint density at radius 3 is 2.17 bits per heavy atom. The number of ether oxygens (including phenoxy) is 1. The average Bonchev–Trinajstić information content (AvgIpc) is 3.18. The summed E-state index contributed by atoms with van der Waals surface area (Å²) in [6, 6.07) is 16.4. The molecule has 0 bridgehead atoms. The fraction of sp³-hybridized carbons (Fsp3) is 0.444. The number of nitrogens with one attached hydrogen (secondary N) is 2. The molecule has 2 aromatic carbocycles. The third-order valence-corrected chi connectivity index (χ3v) is 6.42. The molecule has 2 unspecified atom stereocenters. The highest BCUT2D eigenvalue weighted by Crippen LogP contribution is 2.44. The van der Waals surface area contributed by atoms with E-state index in [2.05, 4.69) is 41.8 Å². The first kappa shape index (κ1) is 26.2. The Bertz CT molecular complexity index is 979. The van der Waals surface area contributed by atoms with Gasteiger partial charge >= 0.3 is 12.1 Å². The number of aliphatic hydroxyl groups excluding tert-OH is 1. The van der Waals surface area contributed by atoms with Crippen LogP contribution in [0.3, 0.4) is 0 Å². The average molecular weight is 483 g/mol. The van der Waals surface area contributed by atoms with Gasteiger partial charge in [-0.3, -0.25) is 4.79 Å². The van der Waals surface area contributed by atoms with Gasteiger partial charge in [0.05, 0.1) is 6.54 Å². The van der Waals surface area contributed by atoms with Crippen molar-refractivity contribution < 1.29 is 29.3 Å². The Kier molecular flexibility index (Phi) is 9.66. The molecule has 35 heavy (non-hydrogen) atoms. The van der Waals surface area contributed by atoms with Crippen LogP contribution in [-0.4, -0.2) is 54.0 Å². The van der Waals surface area contributed by atoms with Gasteiger partial charge in [0.25, 0.3) is 0 Å². The van der Waals surface area contributed by atoms with E-state index in [-0.39, 0.29) is 37.3 Å². The van der Waals surface area contributed by atoms with E-state index in [0.29, 0.717) is 19.4 Å². The summed E-state index contributed by atoms with van der Waals surface area (Å²) < 4.78 is 5.57. The lowest BCUT2D eigenvalue weighted by Crippen LogP contribution is -2.36. The second kappa shape index (κ2) is 12.9. The van der Waals surface area contributed by atoms with E-state index in [1.165, 1.54) is 22.3 Å². The van der Waals surface area contributed by atoms with Crippen molar-refractivity contribution in [3.63, 3.8) is 0 Å². The van der Waals surface area contributed by atoms with Crippen molar-refractivity contribution in [2.75, 3.05) is 19.7 Å². The molecule has 0 radical (unpaired) electrons. The lowest BCUT2D eigenvalue weighted by atomic mass is 9.94. The first-order valence-corrected chi connectivity index (χ1v) is 12.2. The number of rotatable bonds is 13. The van der Waals surface area contributed by atoms with Crippen LogP contribution in [0.25, 0.3) is 11.1 Å². The molecule has 0 saturated heterocycles. The van der Waals surface area contributed by atoms with Gasteiger partial charge in [-0.15, -0.1) is 0 Å². The smallest absolute Gasteiger partial charge is 0.407 e. The van der Waals surface area contributed by atoms with E-state index in [0.717, 1.165) is 12.8 Å². The minimum absolute atomic E-state index is 0.0131. The number of carbonyl (C=O) groups is 3. The Balaban J connectivity index is 1.41. The predicted octanol–water partition coefficient (Wildman–Crippen LogP) is 3.67. The Hall–Kier alpha value is -3.39. The molecule has 188 valence electrons. The van der Waals surface area contributed by atoms with E-state index in [1.54, 1.807) is 0 Å². The fourth-order valence-corrected chi connectivity index (χ4v) is 4.59. The van der Waals surface area contributed by atoms with Crippen molar-refractivity contribution in [3.8, 4) is 11.1 Å². The van der Waals surface area contributed by atoms with Crippen molar-refractivity contribution in [1.82, 2.24) is 10.6 Å². The van der Waals surface area contributed by atoms with Gasteiger partial charge in [-0.2, -0.15) is 0 Å². The second-order valence-corrected chi connectivity index (χ2v) is 8.89. The molecule has 0 spiro atoms. The van der Waals surface area contributed by atoms with Crippen LogP contribution in [0.5, 0.6) is 0 Å². The predicted molar refractivity (Wildman–Crippen MR) is 132 cm³/mol. The number of carboxylic acid groups (broad SMARTS) is 1. The number of hydrogen-bond acceptors (Lipinski definition) is 5.